The molecule has 2 aliphatic rings. The second-order valence-corrected chi connectivity index (χ2v) is 9.90. The van der Waals surface area contributed by atoms with Gasteiger partial charge in [0, 0.05) is 12.1 Å². The lowest BCUT2D eigenvalue weighted by Gasteiger charge is -2.42. The summed E-state index contributed by atoms with van der Waals surface area (Å²) in [7, 11) is -3.75. The van der Waals surface area contributed by atoms with Crippen LogP contribution < -0.4 is 4.31 Å². The first-order chi connectivity index (χ1) is 12.0. The third-order valence-corrected chi connectivity index (χ3v) is 6.82. The molecule has 7 nitrogen and oxygen atoms in total. The number of carbonyl (C=O) groups excluding carboxylic acids is 2. The molecule has 0 saturated carbocycles. The lowest BCUT2D eigenvalue weighted by molar-refractivity contribution is -0.123. The van der Waals surface area contributed by atoms with Crippen LogP contribution in [0, 0.1) is 5.41 Å². The van der Waals surface area contributed by atoms with Gasteiger partial charge in [0.2, 0.25) is 15.9 Å². The number of sulfonamides is 1. The fourth-order valence-electron chi connectivity index (χ4n) is 3.42. The molecule has 0 atom stereocenters. The van der Waals surface area contributed by atoms with Crippen LogP contribution in [0.15, 0.2) is 24.3 Å². The van der Waals surface area contributed by atoms with Gasteiger partial charge in [-0.15, -0.1) is 0 Å². The van der Waals surface area contributed by atoms with Crippen LogP contribution in [0.4, 0.5) is 5.69 Å². The van der Waals surface area contributed by atoms with Crippen molar-refractivity contribution in [1.82, 2.24) is 4.90 Å². The van der Waals surface area contributed by atoms with Crippen molar-refractivity contribution in [2.45, 2.75) is 33.2 Å². The van der Waals surface area contributed by atoms with E-state index in [4.69, 9.17) is 4.74 Å². The third-order valence-electron chi connectivity index (χ3n) is 4.80. The predicted octanol–water partition coefficient (Wildman–Crippen LogP) is 1.64. The van der Waals surface area contributed by atoms with Gasteiger partial charge in [-0.1, -0.05) is 6.07 Å². The van der Waals surface area contributed by atoms with Crippen LogP contribution in [0.3, 0.4) is 0 Å². The molecule has 0 unspecified atom stereocenters. The summed E-state index contributed by atoms with van der Waals surface area (Å²) in [5.74, 6) is -0.926. The standard InChI is InChI=1S/C18H24N2O5S/c1-17(2)12-26(23,24)20(16(17)22)14-7-5-6-13(10-14)15(21)19-8-9-25-11-18(19,3)4/h5-7,10H,8-9,11-12H2,1-4H3. The van der Waals surface area contributed by atoms with E-state index < -0.39 is 26.9 Å². The van der Waals surface area contributed by atoms with E-state index in [-0.39, 0.29) is 17.3 Å². The zero-order valence-corrected chi connectivity index (χ0v) is 16.3. The molecule has 0 N–H and O–H groups in total. The molecular weight excluding hydrogens is 356 g/mol. The number of hydrogen-bond donors (Lipinski definition) is 0. The predicted molar refractivity (Wildman–Crippen MR) is 97.4 cm³/mol. The van der Waals surface area contributed by atoms with Gasteiger partial charge in [0.15, 0.2) is 0 Å². The van der Waals surface area contributed by atoms with E-state index in [1.54, 1.807) is 30.9 Å². The summed E-state index contributed by atoms with van der Waals surface area (Å²) < 4.78 is 31.2. The van der Waals surface area contributed by atoms with Crippen LogP contribution in [-0.4, -0.2) is 56.2 Å². The quantitative estimate of drug-likeness (QED) is 0.779. The summed E-state index contributed by atoms with van der Waals surface area (Å²) in [5.41, 5.74) is -0.879. The lowest BCUT2D eigenvalue weighted by atomic mass is 9.95. The van der Waals surface area contributed by atoms with Crippen molar-refractivity contribution in [3.63, 3.8) is 0 Å². The smallest absolute Gasteiger partial charge is 0.254 e. The monoisotopic (exact) mass is 380 g/mol. The highest BCUT2D eigenvalue weighted by Crippen LogP contribution is 2.36. The Balaban J connectivity index is 1.97. The van der Waals surface area contributed by atoms with Crippen molar-refractivity contribution in [3.05, 3.63) is 29.8 Å². The summed E-state index contributed by atoms with van der Waals surface area (Å²) >= 11 is 0. The van der Waals surface area contributed by atoms with Crippen molar-refractivity contribution in [2.75, 3.05) is 29.8 Å². The Hall–Kier alpha value is -1.93. The number of ether oxygens (including phenoxy) is 1. The second kappa shape index (κ2) is 6.06. The average Bonchev–Trinajstić information content (AvgIpc) is 2.69. The van der Waals surface area contributed by atoms with Gasteiger partial charge in [-0.3, -0.25) is 9.59 Å². The Morgan fingerprint density at radius 1 is 1.19 bits per heavy atom. The maximum atomic E-state index is 13.0. The molecule has 0 bridgehead atoms. The maximum Gasteiger partial charge on any atom is 0.254 e. The molecule has 1 aromatic carbocycles. The highest BCUT2D eigenvalue weighted by molar-refractivity contribution is 7.94. The van der Waals surface area contributed by atoms with Crippen molar-refractivity contribution >= 4 is 27.5 Å². The molecule has 2 amide bonds. The molecule has 0 aliphatic carbocycles. The Bertz CT molecular complexity index is 860. The van der Waals surface area contributed by atoms with E-state index in [1.165, 1.54) is 12.1 Å². The highest BCUT2D eigenvalue weighted by Gasteiger charge is 2.50. The van der Waals surface area contributed by atoms with Crippen LogP contribution in [0.2, 0.25) is 0 Å². The number of nitrogens with zero attached hydrogens (tertiary/aromatic N) is 2. The Kier molecular flexibility index (Phi) is 4.39. The molecule has 8 heteroatoms. The summed E-state index contributed by atoms with van der Waals surface area (Å²) in [6, 6.07) is 6.25. The number of morpholine rings is 1. The number of amides is 2. The molecule has 2 heterocycles. The van der Waals surface area contributed by atoms with Crippen molar-refractivity contribution in [3.8, 4) is 0 Å². The van der Waals surface area contributed by atoms with Gasteiger partial charge in [-0.2, -0.15) is 0 Å². The number of hydrogen-bond acceptors (Lipinski definition) is 5. The third kappa shape index (κ3) is 3.12. The van der Waals surface area contributed by atoms with E-state index in [1.807, 2.05) is 13.8 Å². The normalized spacial score (nSPS) is 23.9. The van der Waals surface area contributed by atoms with Gasteiger partial charge < -0.3 is 9.64 Å². The largest absolute Gasteiger partial charge is 0.377 e. The minimum atomic E-state index is -3.75. The SMILES string of the molecule is CC1(C)CS(=O)(=O)N(c2cccc(C(=O)N3CCOCC3(C)C)c2)C1=O. The molecule has 1 aromatic rings. The number of carbonyl (C=O) groups is 2. The van der Waals surface area contributed by atoms with Gasteiger partial charge in [0.1, 0.15) is 0 Å². The molecule has 142 valence electrons. The maximum absolute atomic E-state index is 13.0. The number of anilines is 1. The van der Waals surface area contributed by atoms with Crippen LogP contribution >= 0.6 is 0 Å². The van der Waals surface area contributed by atoms with Gasteiger partial charge in [0.05, 0.1) is 35.6 Å². The Morgan fingerprint density at radius 3 is 2.46 bits per heavy atom. The van der Waals surface area contributed by atoms with Crippen LogP contribution in [0.1, 0.15) is 38.1 Å². The molecular formula is C18H24N2O5S. The van der Waals surface area contributed by atoms with E-state index >= 15 is 0 Å². The first kappa shape index (κ1) is 18.8. The molecule has 26 heavy (non-hydrogen) atoms. The van der Waals surface area contributed by atoms with Crippen molar-refractivity contribution in [2.24, 2.45) is 5.41 Å². The summed E-state index contributed by atoms with van der Waals surface area (Å²) in [4.78, 5) is 27.3. The van der Waals surface area contributed by atoms with Gasteiger partial charge in [0.25, 0.3) is 5.91 Å². The first-order valence-electron chi connectivity index (χ1n) is 8.53. The summed E-state index contributed by atoms with van der Waals surface area (Å²) in [6.45, 7) is 8.42. The van der Waals surface area contributed by atoms with E-state index in [9.17, 15) is 18.0 Å². The fourth-order valence-corrected chi connectivity index (χ4v) is 5.52. The lowest BCUT2D eigenvalue weighted by Crippen LogP contribution is -2.55. The zero-order chi connectivity index (χ0) is 19.3. The molecule has 0 spiro atoms. The minimum absolute atomic E-state index is 0.205. The second-order valence-electron chi connectivity index (χ2n) is 8.08. The minimum Gasteiger partial charge on any atom is -0.377 e. The Morgan fingerprint density at radius 2 is 1.88 bits per heavy atom. The van der Waals surface area contributed by atoms with E-state index in [0.29, 0.717) is 25.3 Å². The number of rotatable bonds is 2. The average molecular weight is 380 g/mol. The van der Waals surface area contributed by atoms with Gasteiger partial charge >= 0.3 is 0 Å². The summed E-state index contributed by atoms with van der Waals surface area (Å²) in [5, 5.41) is 0. The summed E-state index contributed by atoms with van der Waals surface area (Å²) in [6.07, 6.45) is 0. The number of benzene rings is 1. The van der Waals surface area contributed by atoms with Crippen LogP contribution in [0.5, 0.6) is 0 Å². The van der Waals surface area contributed by atoms with Crippen LogP contribution in [0.25, 0.3) is 0 Å². The fraction of sp³-hybridized carbons (Fsp3) is 0.556. The van der Waals surface area contributed by atoms with Gasteiger partial charge in [-0.05, 0) is 45.9 Å². The Labute approximate surface area is 154 Å². The molecule has 0 aromatic heterocycles. The van der Waals surface area contributed by atoms with Crippen LogP contribution in [-0.2, 0) is 19.6 Å². The molecule has 3 rings (SSSR count). The zero-order valence-electron chi connectivity index (χ0n) is 15.5. The highest BCUT2D eigenvalue weighted by atomic mass is 32.2. The van der Waals surface area contributed by atoms with Gasteiger partial charge in [-0.25, -0.2) is 12.7 Å². The van der Waals surface area contributed by atoms with E-state index in [0.717, 1.165) is 4.31 Å². The molecule has 2 aliphatic heterocycles. The first-order valence-corrected chi connectivity index (χ1v) is 10.1. The van der Waals surface area contributed by atoms with Crippen molar-refractivity contribution in [1.29, 1.82) is 0 Å². The molecule has 2 fully saturated rings. The topological polar surface area (TPSA) is 84.0 Å². The van der Waals surface area contributed by atoms with E-state index in [2.05, 4.69) is 0 Å². The van der Waals surface area contributed by atoms with Crippen molar-refractivity contribution < 1.29 is 22.7 Å². The molecule has 0 radical (unpaired) electrons. The molecule has 2 saturated heterocycles.